The Morgan fingerprint density at radius 3 is 2.38 bits per heavy atom. The van der Waals surface area contributed by atoms with Gasteiger partial charge in [-0.3, -0.25) is 9.59 Å². The summed E-state index contributed by atoms with van der Waals surface area (Å²) >= 11 is 0. The molecule has 6 heteroatoms. The topological polar surface area (TPSA) is 52.6 Å². The van der Waals surface area contributed by atoms with Gasteiger partial charge < -0.3 is 15.1 Å². The Kier molecular flexibility index (Phi) is 5.63. The lowest BCUT2D eigenvalue weighted by molar-refractivity contribution is -0.131. The molecule has 0 radical (unpaired) electrons. The van der Waals surface area contributed by atoms with Crippen LogP contribution in [0.4, 0.5) is 4.39 Å². The summed E-state index contributed by atoms with van der Waals surface area (Å²) in [7, 11) is 2.01. The van der Waals surface area contributed by atoms with E-state index in [1.54, 1.807) is 11.0 Å². The average molecular weight is 355 g/mol. The maximum atomic E-state index is 14.1. The molecule has 0 unspecified atom stereocenters. The van der Waals surface area contributed by atoms with Crippen molar-refractivity contribution < 1.29 is 14.0 Å². The molecule has 1 aliphatic rings. The maximum Gasteiger partial charge on any atom is 0.254 e. The molecule has 1 fully saturated rings. The number of likely N-dealkylation sites (N-methyl/N-ethyl adjacent to an activating group) is 1. The molecule has 0 aliphatic carbocycles. The van der Waals surface area contributed by atoms with E-state index in [9.17, 15) is 14.0 Å². The van der Waals surface area contributed by atoms with Gasteiger partial charge in [-0.25, -0.2) is 4.39 Å². The van der Waals surface area contributed by atoms with Crippen molar-refractivity contribution in [3.05, 3.63) is 59.9 Å². The molecule has 136 valence electrons. The molecule has 0 bridgehead atoms. The van der Waals surface area contributed by atoms with Crippen molar-refractivity contribution in [3.63, 3.8) is 0 Å². The van der Waals surface area contributed by atoms with Crippen molar-refractivity contribution in [3.8, 4) is 11.1 Å². The number of halogens is 1. The lowest BCUT2D eigenvalue weighted by Gasteiger charge is -2.32. The Labute approximate surface area is 152 Å². The minimum Gasteiger partial charge on any atom is -0.343 e. The summed E-state index contributed by atoms with van der Waals surface area (Å²) in [5.74, 6) is -1.33. The van der Waals surface area contributed by atoms with Crippen molar-refractivity contribution in [2.75, 3.05) is 39.8 Å². The number of hydrogen-bond acceptors (Lipinski definition) is 3. The van der Waals surface area contributed by atoms with Crippen LogP contribution in [0.3, 0.4) is 0 Å². The van der Waals surface area contributed by atoms with E-state index in [4.69, 9.17) is 0 Å². The first-order chi connectivity index (χ1) is 12.5. The van der Waals surface area contributed by atoms with Gasteiger partial charge in [0.2, 0.25) is 5.91 Å². The summed E-state index contributed by atoms with van der Waals surface area (Å²) < 4.78 is 14.1. The zero-order chi connectivity index (χ0) is 18.5. The van der Waals surface area contributed by atoms with E-state index in [1.807, 2.05) is 37.4 Å². The molecule has 26 heavy (non-hydrogen) atoms. The first-order valence-corrected chi connectivity index (χ1v) is 8.64. The SMILES string of the molecule is CN1CCN(C(=O)CNC(=O)c2cc(-c3ccccc3)ccc2F)CC1. The van der Waals surface area contributed by atoms with E-state index in [-0.39, 0.29) is 18.0 Å². The molecule has 1 aliphatic heterocycles. The van der Waals surface area contributed by atoms with Crippen LogP contribution in [0.2, 0.25) is 0 Å². The van der Waals surface area contributed by atoms with Crippen LogP contribution in [-0.4, -0.2) is 61.4 Å². The van der Waals surface area contributed by atoms with Gasteiger partial charge in [-0.2, -0.15) is 0 Å². The second-order valence-electron chi connectivity index (χ2n) is 6.43. The second-order valence-corrected chi connectivity index (χ2v) is 6.43. The highest BCUT2D eigenvalue weighted by Crippen LogP contribution is 2.21. The number of nitrogens with one attached hydrogen (secondary N) is 1. The highest BCUT2D eigenvalue weighted by Gasteiger charge is 2.20. The summed E-state index contributed by atoms with van der Waals surface area (Å²) in [5.41, 5.74) is 1.59. The third-order valence-corrected chi connectivity index (χ3v) is 4.57. The molecule has 3 rings (SSSR count). The van der Waals surface area contributed by atoms with Gasteiger partial charge in [0, 0.05) is 26.2 Å². The normalized spacial score (nSPS) is 14.9. The number of nitrogens with zero attached hydrogens (tertiary/aromatic N) is 2. The standard InChI is InChI=1S/C20H22FN3O2/c1-23-9-11-24(12-10-23)19(25)14-22-20(26)17-13-16(7-8-18(17)21)15-5-3-2-4-6-15/h2-8,13H,9-12,14H2,1H3,(H,22,26). The summed E-state index contributed by atoms with van der Waals surface area (Å²) in [4.78, 5) is 28.4. The first-order valence-electron chi connectivity index (χ1n) is 8.64. The van der Waals surface area contributed by atoms with Gasteiger partial charge in [0.25, 0.3) is 5.91 Å². The smallest absolute Gasteiger partial charge is 0.254 e. The van der Waals surface area contributed by atoms with Crippen molar-refractivity contribution in [2.24, 2.45) is 0 Å². The number of carbonyl (C=O) groups is 2. The summed E-state index contributed by atoms with van der Waals surface area (Å²) in [6, 6.07) is 13.9. The largest absolute Gasteiger partial charge is 0.343 e. The van der Waals surface area contributed by atoms with Gasteiger partial charge >= 0.3 is 0 Å². The summed E-state index contributed by atoms with van der Waals surface area (Å²) in [6.45, 7) is 2.78. The minimum absolute atomic E-state index is 0.0578. The van der Waals surface area contributed by atoms with Crippen LogP contribution in [0.5, 0.6) is 0 Å². The van der Waals surface area contributed by atoms with Crippen LogP contribution in [0.1, 0.15) is 10.4 Å². The molecule has 2 amide bonds. The van der Waals surface area contributed by atoms with Crippen LogP contribution in [0.15, 0.2) is 48.5 Å². The maximum absolute atomic E-state index is 14.1. The molecule has 2 aromatic carbocycles. The Bertz CT molecular complexity index is 787. The number of benzene rings is 2. The molecule has 0 aromatic heterocycles. The van der Waals surface area contributed by atoms with E-state index in [0.29, 0.717) is 13.1 Å². The molecule has 2 aromatic rings. The summed E-state index contributed by atoms with van der Waals surface area (Å²) in [5, 5.41) is 2.54. The Morgan fingerprint density at radius 1 is 1.00 bits per heavy atom. The summed E-state index contributed by atoms with van der Waals surface area (Å²) in [6.07, 6.45) is 0. The highest BCUT2D eigenvalue weighted by molar-refractivity contribution is 5.97. The van der Waals surface area contributed by atoms with E-state index >= 15 is 0 Å². The second kappa shape index (κ2) is 8.10. The predicted molar refractivity (Wildman–Crippen MR) is 98.2 cm³/mol. The van der Waals surface area contributed by atoms with Gasteiger partial charge in [-0.1, -0.05) is 36.4 Å². The Balaban J connectivity index is 1.65. The fourth-order valence-electron chi connectivity index (χ4n) is 2.93. The Morgan fingerprint density at radius 2 is 1.69 bits per heavy atom. The number of hydrogen-bond donors (Lipinski definition) is 1. The first kappa shape index (κ1) is 18.1. The molecule has 0 spiro atoms. The Hall–Kier alpha value is -2.73. The van der Waals surface area contributed by atoms with E-state index in [1.165, 1.54) is 12.1 Å². The van der Waals surface area contributed by atoms with Crippen LogP contribution in [-0.2, 0) is 4.79 Å². The third-order valence-electron chi connectivity index (χ3n) is 4.57. The van der Waals surface area contributed by atoms with Gasteiger partial charge in [-0.05, 0) is 30.3 Å². The van der Waals surface area contributed by atoms with E-state index < -0.39 is 11.7 Å². The van der Waals surface area contributed by atoms with Gasteiger partial charge in [0.05, 0.1) is 12.1 Å². The number of rotatable bonds is 4. The highest BCUT2D eigenvalue weighted by atomic mass is 19.1. The van der Waals surface area contributed by atoms with Crippen molar-refractivity contribution in [2.45, 2.75) is 0 Å². The van der Waals surface area contributed by atoms with Crippen LogP contribution < -0.4 is 5.32 Å². The monoisotopic (exact) mass is 355 g/mol. The zero-order valence-electron chi connectivity index (χ0n) is 14.7. The van der Waals surface area contributed by atoms with Crippen molar-refractivity contribution in [1.82, 2.24) is 15.1 Å². The molecule has 1 saturated heterocycles. The molecule has 1 heterocycles. The molecule has 5 nitrogen and oxygen atoms in total. The van der Waals surface area contributed by atoms with Crippen molar-refractivity contribution in [1.29, 1.82) is 0 Å². The van der Waals surface area contributed by atoms with Crippen LogP contribution in [0, 0.1) is 5.82 Å². The minimum atomic E-state index is -0.603. The molecular weight excluding hydrogens is 333 g/mol. The average Bonchev–Trinajstić information content (AvgIpc) is 2.67. The zero-order valence-corrected chi connectivity index (χ0v) is 14.7. The number of carbonyl (C=O) groups excluding carboxylic acids is 2. The van der Waals surface area contributed by atoms with Gasteiger partial charge in [-0.15, -0.1) is 0 Å². The van der Waals surface area contributed by atoms with E-state index in [0.717, 1.165) is 24.2 Å². The number of piperazine rings is 1. The lowest BCUT2D eigenvalue weighted by Crippen LogP contribution is -2.50. The third kappa shape index (κ3) is 4.26. The van der Waals surface area contributed by atoms with Crippen molar-refractivity contribution >= 4 is 11.8 Å². The fourth-order valence-corrected chi connectivity index (χ4v) is 2.93. The molecule has 0 atom stereocenters. The van der Waals surface area contributed by atoms with Crippen LogP contribution in [0.25, 0.3) is 11.1 Å². The van der Waals surface area contributed by atoms with Crippen LogP contribution >= 0.6 is 0 Å². The lowest BCUT2D eigenvalue weighted by atomic mass is 10.0. The molecular formula is C20H22FN3O2. The van der Waals surface area contributed by atoms with E-state index in [2.05, 4.69) is 10.2 Å². The molecule has 1 N–H and O–H groups in total. The molecule has 0 saturated carbocycles. The predicted octanol–water partition coefficient (Wildman–Crippen LogP) is 2.00. The fraction of sp³-hybridized carbons (Fsp3) is 0.300. The number of amides is 2. The quantitative estimate of drug-likeness (QED) is 0.913. The van der Waals surface area contributed by atoms with Gasteiger partial charge in [0.15, 0.2) is 0 Å². The van der Waals surface area contributed by atoms with Gasteiger partial charge in [0.1, 0.15) is 5.82 Å².